The number of nitrogens with zero attached hydrogens (tertiary/aromatic N) is 4. The van der Waals surface area contributed by atoms with Crippen molar-refractivity contribution in [2.45, 2.75) is 51.1 Å². The zero-order valence-electron chi connectivity index (χ0n) is 16.8. The van der Waals surface area contributed by atoms with Crippen LogP contribution in [0.4, 0.5) is 17.3 Å². The number of fused-ring (bicyclic) bond motifs is 2. The molecule has 2 aromatic heterocycles. The summed E-state index contributed by atoms with van der Waals surface area (Å²) in [6.07, 6.45) is 7.48. The summed E-state index contributed by atoms with van der Waals surface area (Å²) >= 11 is 0. The van der Waals surface area contributed by atoms with Gasteiger partial charge in [-0.15, -0.1) is 0 Å². The minimum Gasteiger partial charge on any atom is -0.494 e. The van der Waals surface area contributed by atoms with Crippen molar-refractivity contribution in [2.75, 3.05) is 23.4 Å². The van der Waals surface area contributed by atoms with Crippen molar-refractivity contribution < 1.29 is 4.74 Å². The Morgan fingerprint density at radius 1 is 1.17 bits per heavy atom. The minimum atomic E-state index is 0.222. The molecular weight excluding hydrogens is 364 g/mol. The molecule has 2 aliphatic rings. The quantitative estimate of drug-likeness (QED) is 0.692. The van der Waals surface area contributed by atoms with E-state index in [4.69, 9.17) is 15.5 Å². The summed E-state index contributed by atoms with van der Waals surface area (Å²) in [6.45, 7) is 3.62. The summed E-state index contributed by atoms with van der Waals surface area (Å²) < 4.78 is 7.46. The highest BCUT2D eigenvalue weighted by molar-refractivity contribution is 5.72. The third kappa shape index (κ3) is 3.29. The van der Waals surface area contributed by atoms with Crippen LogP contribution in [0.2, 0.25) is 0 Å². The molecule has 2 unspecified atom stereocenters. The summed E-state index contributed by atoms with van der Waals surface area (Å²) in [7, 11) is 0. The van der Waals surface area contributed by atoms with E-state index in [1.165, 1.54) is 18.4 Å². The zero-order valence-corrected chi connectivity index (χ0v) is 16.8. The van der Waals surface area contributed by atoms with E-state index >= 15 is 0 Å². The number of rotatable bonds is 5. The van der Waals surface area contributed by atoms with Crippen LogP contribution < -0.4 is 20.7 Å². The van der Waals surface area contributed by atoms with Crippen molar-refractivity contribution in [3.8, 4) is 5.75 Å². The summed E-state index contributed by atoms with van der Waals surface area (Å²) in [5, 5.41) is 8.10. The number of hydrogen-bond acceptors (Lipinski definition) is 6. The third-order valence-corrected chi connectivity index (χ3v) is 6.10. The molecule has 0 radical (unpaired) electrons. The molecule has 1 aliphatic carbocycles. The molecule has 7 heteroatoms. The summed E-state index contributed by atoms with van der Waals surface area (Å²) in [6, 6.07) is 10.6. The Hall–Kier alpha value is -2.80. The molecule has 0 saturated heterocycles. The molecule has 0 amide bonds. The number of nitrogens with one attached hydrogen (secondary N) is 1. The molecule has 29 heavy (non-hydrogen) atoms. The van der Waals surface area contributed by atoms with Crippen LogP contribution in [0.3, 0.4) is 0 Å². The molecule has 3 heterocycles. The van der Waals surface area contributed by atoms with Gasteiger partial charge in [0.25, 0.3) is 0 Å². The topological polar surface area (TPSA) is 80.7 Å². The van der Waals surface area contributed by atoms with E-state index in [2.05, 4.69) is 15.3 Å². The first-order valence-corrected chi connectivity index (χ1v) is 10.6. The van der Waals surface area contributed by atoms with Crippen molar-refractivity contribution in [3.05, 3.63) is 42.1 Å². The fourth-order valence-corrected chi connectivity index (χ4v) is 4.69. The van der Waals surface area contributed by atoms with Crippen LogP contribution in [0, 0.1) is 0 Å². The van der Waals surface area contributed by atoms with Crippen LogP contribution in [-0.2, 0) is 6.42 Å². The van der Waals surface area contributed by atoms with Gasteiger partial charge in [0.2, 0.25) is 0 Å². The van der Waals surface area contributed by atoms with Gasteiger partial charge in [0, 0.05) is 35.9 Å². The number of ether oxygens (including phenoxy) is 1. The average Bonchev–Trinajstić information content (AvgIpc) is 3.37. The summed E-state index contributed by atoms with van der Waals surface area (Å²) in [5.74, 6) is 2.93. The lowest BCUT2D eigenvalue weighted by Gasteiger charge is -2.37. The zero-order chi connectivity index (χ0) is 19.8. The second-order valence-corrected chi connectivity index (χ2v) is 7.91. The summed E-state index contributed by atoms with van der Waals surface area (Å²) in [4.78, 5) is 7.40. The van der Waals surface area contributed by atoms with Gasteiger partial charge in [-0.25, -0.2) is 4.98 Å². The van der Waals surface area contributed by atoms with Gasteiger partial charge in [0.15, 0.2) is 5.65 Å². The Bertz CT molecular complexity index is 998. The predicted molar refractivity (Wildman–Crippen MR) is 115 cm³/mol. The minimum absolute atomic E-state index is 0.222. The second-order valence-electron chi connectivity index (χ2n) is 7.91. The van der Waals surface area contributed by atoms with E-state index in [9.17, 15) is 0 Å². The molecule has 2 atom stereocenters. The van der Waals surface area contributed by atoms with Gasteiger partial charge in [-0.3, -0.25) is 0 Å². The first kappa shape index (κ1) is 18.2. The Morgan fingerprint density at radius 3 is 2.79 bits per heavy atom. The van der Waals surface area contributed by atoms with Crippen molar-refractivity contribution >= 4 is 23.0 Å². The first-order chi connectivity index (χ1) is 14.2. The maximum absolute atomic E-state index is 6.49. The van der Waals surface area contributed by atoms with E-state index < -0.39 is 0 Å². The smallest absolute Gasteiger partial charge is 0.159 e. The fourth-order valence-electron chi connectivity index (χ4n) is 4.69. The van der Waals surface area contributed by atoms with Crippen LogP contribution in [0.1, 0.15) is 38.2 Å². The van der Waals surface area contributed by atoms with Gasteiger partial charge < -0.3 is 20.7 Å². The van der Waals surface area contributed by atoms with Crippen LogP contribution in [0.25, 0.3) is 5.65 Å². The lowest BCUT2D eigenvalue weighted by atomic mass is 9.90. The third-order valence-electron chi connectivity index (χ3n) is 6.10. The lowest BCUT2D eigenvalue weighted by Crippen LogP contribution is -2.49. The van der Waals surface area contributed by atoms with Crippen LogP contribution in [0.5, 0.6) is 5.75 Å². The molecule has 5 rings (SSSR count). The average molecular weight is 393 g/mol. The molecule has 3 N–H and O–H groups in total. The number of aromatic nitrogens is 3. The Labute approximate surface area is 170 Å². The summed E-state index contributed by atoms with van der Waals surface area (Å²) in [5.41, 5.74) is 9.57. The number of nitrogens with two attached hydrogens (primary N) is 1. The van der Waals surface area contributed by atoms with E-state index in [0.717, 1.165) is 54.5 Å². The molecule has 0 spiro atoms. The maximum Gasteiger partial charge on any atom is 0.159 e. The van der Waals surface area contributed by atoms with E-state index in [1.54, 1.807) is 6.20 Å². The number of hydrogen-bond donors (Lipinski definition) is 2. The van der Waals surface area contributed by atoms with Crippen LogP contribution in [-0.4, -0.2) is 39.8 Å². The number of benzene rings is 1. The standard InChI is InChI=1S/C22H28N6O/c1-2-29-16-9-7-15(8-10-16)25-22-17-12-14-27(19-6-4-3-5-18(19)23)21(17)26-20-11-13-24-28(20)22/h7-11,13,18-19,25H,2-6,12,14,23H2,1H3. The van der Waals surface area contributed by atoms with Gasteiger partial charge >= 0.3 is 0 Å². The highest BCUT2D eigenvalue weighted by atomic mass is 16.5. The molecule has 152 valence electrons. The molecule has 1 aromatic carbocycles. The van der Waals surface area contributed by atoms with Crippen LogP contribution in [0.15, 0.2) is 36.5 Å². The van der Waals surface area contributed by atoms with E-state index in [-0.39, 0.29) is 6.04 Å². The second kappa shape index (κ2) is 7.55. The van der Waals surface area contributed by atoms with Crippen molar-refractivity contribution in [3.63, 3.8) is 0 Å². The molecule has 7 nitrogen and oxygen atoms in total. The highest BCUT2D eigenvalue weighted by Gasteiger charge is 2.35. The van der Waals surface area contributed by atoms with Gasteiger partial charge in [-0.2, -0.15) is 9.61 Å². The first-order valence-electron chi connectivity index (χ1n) is 10.6. The van der Waals surface area contributed by atoms with Crippen molar-refractivity contribution in [1.82, 2.24) is 14.6 Å². The lowest BCUT2D eigenvalue weighted by molar-refractivity contribution is 0.340. The van der Waals surface area contributed by atoms with Crippen LogP contribution >= 0.6 is 0 Å². The fraction of sp³-hybridized carbons (Fsp3) is 0.455. The van der Waals surface area contributed by atoms with E-state index in [1.807, 2.05) is 41.8 Å². The molecule has 1 saturated carbocycles. The molecule has 1 aliphatic heterocycles. The largest absolute Gasteiger partial charge is 0.494 e. The molecule has 1 fully saturated rings. The SMILES string of the molecule is CCOc1ccc(Nc2c3c(nc4ccnn24)N(C2CCCCC2N)CC3)cc1. The number of anilines is 3. The molecule has 3 aromatic rings. The van der Waals surface area contributed by atoms with E-state index in [0.29, 0.717) is 12.6 Å². The van der Waals surface area contributed by atoms with Crippen molar-refractivity contribution in [2.24, 2.45) is 5.73 Å². The van der Waals surface area contributed by atoms with Gasteiger partial charge in [-0.1, -0.05) is 12.8 Å². The normalized spacial score (nSPS) is 21.4. The van der Waals surface area contributed by atoms with Gasteiger partial charge in [-0.05, 0) is 50.5 Å². The van der Waals surface area contributed by atoms with Crippen molar-refractivity contribution in [1.29, 1.82) is 0 Å². The highest BCUT2D eigenvalue weighted by Crippen LogP contribution is 2.38. The van der Waals surface area contributed by atoms with Gasteiger partial charge in [0.05, 0.1) is 12.8 Å². The van der Waals surface area contributed by atoms with Gasteiger partial charge in [0.1, 0.15) is 17.4 Å². The monoisotopic (exact) mass is 392 g/mol. The Kier molecular flexibility index (Phi) is 4.75. The molecule has 0 bridgehead atoms. The molecular formula is C22H28N6O. The Balaban J connectivity index is 1.51. The Morgan fingerprint density at radius 2 is 2.00 bits per heavy atom. The predicted octanol–water partition coefficient (Wildman–Crippen LogP) is 3.50. The maximum atomic E-state index is 6.49.